The van der Waals surface area contributed by atoms with Gasteiger partial charge in [-0.05, 0) is 19.0 Å². The van der Waals surface area contributed by atoms with E-state index in [-0.39, 0.29) is 5.78 Å². The number of aromatic nitrogens is 2. The van der Waals surface area contributed by atoms with Crippen molar-refractivity contribution in [2.24, 2.45) is 5.73 Å². The van der Waals surface area contributed by atoms with Crippen LogP contribution < -0.4 is 5.73 Å². The maximum Gasteiger partial charge on any atom is 0.138 e. The van der Waals surface area contributed by atoms with Crippen LogP contribution in [-0.2, 0) is 17.8 Å². The maximum absolute atomic E-state index is 11.2. The molecule has 0 unspecified atom stereocenters. The van der Waals surface area contributed by atoms with E-state index < -0.39 is 0 Å². The maximum atomic E-state index is 11.2. The Balaban J connectivity index is 2.49. The largest absolute Gasteiger partial charge is 0.330 e. The first-order chi connectivity index (χ1) is 6.26. The van der Waals surface area contributed by atoms with E-state index in [1.807, 2.05) is 17.8 Å². The Labute approximate surface area is 77.7 Å². The molecule has 2 N–H and O–H groups in total. The summed E-state index contributed by atoms with van der Waals surface area (Å²) in [6.45, 7) is 3.28. The van der Waals surface area contributed by atoms with Crippen molar-refractivity contribution in [3.8, 4) is 0 Å². The highest BCUT2D eigenvalue weighted by Crippen LogP contribution is 2.00. The van der Waals surface area contributed by atoms with Crippen molar-refractivity contribution in [2.45, 2.75) is 26.3 Å². The third kappa shape index (κ3) is 2.99. The second-order valence-electron chi connectivity index (χ2n) is 2.96. The molecule has 4 nitrogen and oxygen atoms in total. The molecule has 0 saturated heterocycles. The first-order valence-corrected chi connectivity index (χ1v) is 4.49. The fourth-order valence-corrected chi connectivity index (χ4v) is 1.15. The zero-order chi connectivity index (χ0) is 9.68. The summed E-state index contributed by atoms with van der Waals surface area (Å²) in [4.78, 5) is 11.2. The zero-order valence-corrected chi connectivity index (χ0v) is 7.86. The van der Waals surface area contributed by atoms with E-state index in [1.54, 1.807) is 6.20 Å². The van der Waals surface area contributed by atoms with E-state index in [4.69, 9.17) is 5.73 Å². The molecule has 72 valence electrons. The molecule has 4 heteroatoms. The van der Waals surface area contributed by atoms with Gasteiger partial charge in [-0.25, -0.2) is 0 Å². The molecule has 0 fully saturated rings. The van der Waals surface area contributed by atoms with Crippen LogP contribution in [0.3, 0.4) is 0 Å². The molecule has 13 heavy (non-hydrogen) atoms. The Bertz CT molecular complexity index is 280. The minimum Gasteiger partial charge on any atom is -0.330 e. The molecule has 0 spiro atoms. The molecule has 0 aliphatic heterocycles. The first-order valence-electron chi connectivity index (χ1n) is 4.49. The number of nitrogens with two attached hydrogens (primary N) is 1. The van der Waals surface area contributed by atoms with Crippen LogP contribution in [-0.4, -0.2) is 22.1 Å². The fraction of sp³-hybridized carbons (Fsp3) is 0.556. The topological polar surface area (TPSA) is 60.9 Å². The van der Waals surface area contributed by atoms with Gasteiger partial charge in [0.25, 0.3) is 0 Å². The Morgan fingerprint density at radius 2 is 2.46 bits per heavy atom. The molecule has 0 bridgehead atoms. The SMILES string of the molecule is CCn1cc(CC(=O)CCN)cn1. The monoisotopic (exact) mass is 181 g/mol. The summed E-state index contributed by atoms with van der Waals surface area (Å²) in [5.41, 5.74) is 6.25. The third-order valence-corrected chi connectivity index (χ3v) is 1.84. The van der Waals surface area contributed by atoms with Gasteiger partial charge >= 0.3 is 0 Å². The molecule has 1 heterocycles. The van der Waals surface area contributed by atoms with Crippen molar-refractivity contribution in [1.29, 1.82) is 0 Å². The number of hydrogen-bond donors (Lipinski definition) is 1. The fourth-order valence-electron chi connectivity index (χ4n) is 1.15. The molecule has 0 atom stereocenters. The van der Waals surface area contributed by atoms with Crippen molar-refractivity contribution in [2.75, 3.05) is 6.54 Å². The highest BCUT2D eigenvalue weighted by molar-refractivity contribution is 5.80. The number of carbonyl (C=O) groups is 1. The number of rotatable bonds is 5. The summed E-state index contributed by atoms with van der Waals surface area (Å²) in [6, 6.07) is 0. The molecule has 0 aliphatic rings. The summed E-state index contributed by atoms with van der Waals surface area (Å²) < 4.78 is 1.81. The molecule has 0 saturated carbocycles. The van der Waals surface area contributed by atoms with Crippen molar-refractivity contribution < 1.29 is 4.79 Å². The smallest absolute Gasteiger partial charge is 0.138 e. The minimum atomic E-state index is 0.179. The number of Topliss-reactive ketones (excluding diaryl/α,β-unsaturated/α-hetero) is 1. The van der Waals surface area contributed by atoms with Crippen LogP contribution in [0.15, 0.2) is 12.4 Å². The van der Waals surface area contributed by atoms with Crippen LogP contribution in [0.25, 0.3) is 0 Å². The van der Waals surface area contributed by atoms with Gasteiger partial charge in [-0.2, -0.15) is 5.10 Å². The number of nitrogens with zero attached hydrogens (tertiary/aromatic N) is 2. The molecule has 1 rings (SSSR count). The van der Waals surface area contributed by atoms with Gasteiger partial charge in [-0.3, -0.25) is 9.48 Å². The van der Waals surface area contributed by atoms with Gasteiger partial charge in [0.2, 0.25) is 0 Å². The van der Waals surface area contributed by atoms with Gasteiger partial charge in [0, 0.05) is 25.6 Å². The van der Waals surface area contributed by atoms with E-state index in [2.05, 4.69) is 5.10 Å². The quantitative estimate of drug-likeness (QED) is 0.713. The van der Waals surface area contributed by atoms with Crippen molar-refractivity contribution in [1.82, 2.24) is 9.78 Å². The Kier molecular flexibility index (Phi) is 3.64. The van der Waals surface area contributed by atoms with E-state index in [0.717, 1.165) is 12.1 Å². The molecule has 0 aliphatic carbocycles. The lowest BCUT2D eigenvalue weighted by Gasteiger charge is -1.94. The average molecular weight is 181 g/mol. The lowest BCUT2D eigenvalue weighted by molar-refractivity contribution is -0.118. The van der Waals surface area contributed by atoms with Gasteiger partial charge in [0.15, 0.2) is 0 Å². The first kappa shape index (κ1) is 9.92. The molecule has 0 radical (unpaired) electrons. The van der Waals surface area contributed by atoms with Crippen LogP contribution in [0, 0.1) is 0 Å². The number of aryl methyl sites for hydroxylation is 1. The minimum absolute atomic E-state index is 0.179. The van der Waals surface area contributed by atoms with Crippen molar-refractivity contribution in [3.05, 3.63) is 18.0 Å². The standard InChI is InChI=1S/C9H15N3O/c1-2-12-7-8(6-11-12)5-9(13)3-4-10/h6-7H,2-5,10H2,1H3. The Morgan fingerprint density at radius 3 is 3.00 bits per heavy atom. The number of carbonyl (C=O) groups excluding carboxylic acids is 1. The molecular formula is C9H15N3O. The number of hydrogen-bond acceptors (Lipinski definition) is 3. The number of ketones is 1. The average Bonchev–Trinajstić information content (AvgIpc) is 2.52. The predicted molar refractivity (Wildman–Crippen MR) is 50.3 cm³/mol. The van der Waals surface area contributed by atoms with Crippen LogP contribution in [0.1, 0.15) is 18.9 Å². The molecule has 0 aromatic carbocycles. The van der Waals surface area contributed by atoms with Crippen molar-refractivity contribution in [3.63, 3.8) is 0 Å². The molecule has 1 aromatic rings. The second-order valence-corrected chi connectivity index (χ2v) is 2.96. The van der Waals surface area contributed by atoms with Crippen molar-refractivity contribution >= 4 is 5.78 Å². The van der Waals surface area contributed by atoms with E-state index in [9.17, 15) is 4.79 Å². The predicted octanol–water partition coefficient (Wildman–Crippen LogP) is 0.363. The normalized spacial score (nSPS) is 10.3. The van der Waals surface area contributed by atoms with Crippen LogP contribution >= 0.6 is 0 Å². The molecular weight excluding hydrogens is 166 g/mol. The van der Waals surface area contributed by atoms with Gasteiger partial charge in [0.1, 0.15) is 5.78 Å². The molecule has 0 amide bonds. The summed E-state index contributed by atoms with van der Waals surface area (Å²) in [6.07, 6.45) is 4.54. The van der Waals surface area contributed by atoms with E-state index in [1.165, 1.54) is 0 Å². The summed E-state index contributed by atoms with van der Waals surface area (Å²) in [5, 5.41) is 4.08. The molecule has 1 aromatic heterocycles. The lowest BCUT2D eigenvalue weighted by atomic mass is 10.1. The summed E-state index contributed by atoms with van der Waals surface area (Å²) in [5.74, 6) is 0.179. The van der Waals surface area contributed by atoms with Crippen LogP contribution in [0.4, 0.5) is 0 Å². The van der Waals surface area contributed by atoms with Crippen LogP contribution in [0.5, 0.6) is 0 Å². The van der Waals surface area contributed by atoms with Gasteiger partial charge < -0.3 is 5.73 Å². The second kappa shape index (κ2) is 4.77. The lowest BCUT2D eigenvalue weighted by Crippen LogP contribution is -2.09. The zero-order valence-electron chi connectivity index (χ0n) is 7.86. The summed E-state index contributed by atoms with van der Waals surface area (Å²) in [7, 11) is 0. The Hall–Kier alpha value is -1.16. The van der Waals surface area contributed by atoms with Crippen LogP contribution in [0.2, 0.25) is 0 Å². The van der Waals surface area contributed by atoms with Gasteiger partial charge in [0.05, 0.1) is 6.20 Å². The third-order valence-electron chi connectivity index (χ3n) is 1.84. The van der Waals surface area contributed by atoms with E-state index in [0.29, 0.717) is 19.4 Å². The van der Waals surface area contributed by atoms with E-state index >= 15 is 0 Å². The summed E-state index contributed by atoms with van der Waals surface area (Å²) >= 11 is 0. The Morgan fingerprint density at radius 1 is 1.69 bits per heavy atom. The van der Waals surface area contributed by atoms with Gasteiger partial charge in [-0.15, -0.1) is 0 Å². The highest BCUT2D eigenvalue weighted by atomic mass is 16.1. The van der Waals surface area contributed by atoms with Gasteiger partial charge in [-0.1, -0.05) is 0 Å². The highest BCUT2D eigenvalue weighted by Gasteiger charge is 2.04.